The molecule has 0 radical (unpaired) electrons. The number of carboxylic acids is 2. The fourth-order valence-electron chi connectivity index (χ4n) is 4.13. The van der Waals surface area contributed by atoms with Crippen LogP contribution >= 0.6 is 0 Å². The summed E-state index contributed by atoms with van der Waals surface area (Å²) in [5.41, 5.74) is 5.18. The van der Waals surface area contributed by atoms with Crippen molar-refractivity contribution in [3.8, 4) is 16.9 Å². The van der Waals surface area contributed by atoms with Gasteiger partial charge in [-0.1, -0.05) is 18.2 Å². The van der Waals surface area contributed by atoms with Crippen LogP contribution in [0, 0.1) is 5.82 Å². The summed E-state index contributed by atoms with van der Waals surface area (Å²) in [6.07, 6.45) is 2.95. The average Bonchev–Trinajstić information content (AvgIpc) is 3.06. The SMILES string of the molecule is COCCN1CCOc2cc3c(c(-c4ccccc4F)c21)CCNCC3.O=C(O)/C=C/C(=O)O. The summed E-state index contributed by atoms with van der Waals surface area (Å²) in [5.74, 6) is -1.83. The zero-order chi connectivity index (χ0) is 24.5. The predicted molar refractivity (Wildman–Crippen MR) is 126 cm³/mol. The number of hydrogen-bond donors (Lipinski definition) is 3. The lowest BCUT2D eigenvalue weighted by Crippen LogP contribution is -2.36. The van der Waals surface area contributed by atoms with Crippen LogP contribution in [-0.2, 0) is 27.2 Å². The molecule has 0 spiro atoms. The van der Waals surface area contributed by atoms with Crippen molar-refractivity contribution in [3.63, 3.8) is 0 Å². The molecule has 0 bridgehead atoms. The minimum atomic E-state index is -1.26. The molecular weight excluding hydrogens is 443 g/mol. The van der Waals surface area contributed by atoms with Gasteiger partial charge in [-0.3, -0.25) is 0 Å². The van der Waals surface area contributed by atoms with Crippen molar-refractivity contribution in [2.75, 3.05) is 51.4 Å². The number of anilines is 1. The molecule has 0 saturated heterocycles. The molecule has 0 unspecified atom stereocenters. The van der Waals surface area contributed by atoms with Gasteiger partial charge >= 0.3 is 11.9 Å². The number of methoxy groups -OCH3 is 1. The van der Waals surface area contributed by atoms with Gasteiger partial charge in [0.1, 0.15) is 18.2 Å². The maximum absolute atomic E-state index is 14.8. The summed E-state index contributed by atoms with van der Waals surface area (Å²) in [6.45, 7) is 4.68. The molecule has 3 N–H and O–H groups in total. The van der Waals surface area contributed by atoms with E-state index in [1.54, 1.807) is 19.2 Å². The Morgan fingerprint density at radius 1 is 1.18 bits per heavy atom. The molecule has 0 aromatic heterocycles. The number of carboxylic acid groups (broad SMARTS) is 2. The van der Waals surface area contributed by atoms with Crippen LogP contribution in [0.15, 0.2) is 42.5 Å². The largest absolute Gasteiger partial charge is 0.490 e. The van der Waals surface area contributed by atoms with Gasteiger partial charge in [0.2, 0.25) is 0 Å². The van der Waals surface area contributed by atoms with E-state index in [0.29, 0.717) is 30.9 Å². The number of nitrogens with one attached hydrogen (secondary N) is 1. The Hall–Kier alpha value is -3.43. The number of ether oxygens (including phenoxy) is 2. The van der Waals surface area contributed by atoms with E-state index in [4.69, 9.17) is 19.7 Å². The van der Waals surface area contributed by atoms with Crippen LogP contribution in [0.25, 0.3) is 11.1 Å². The number of benzene rings is 2. The molecule has 2 heterocycles. The van der Waals surface area contributed by atoms with Gasteiger partial charge in [0.05, 0.1) is 18.8 Å². The first kappa shape index (κ1) is 25.2. The molecule has 2 aliphatic rings. The first-order valence-electron chi connectivity index (χ1n) is 11.1. The fraction of sp³-hybridized carbons (Fsp3) is 0.360. The predicted octanol–water partition coefficient (Wildman–Crippen LogP) is 2.74. The minimum absolute atomic E-state index is 0.183. The molecule has 0 amide bonds. The molecule has 8 nitrogen and oxygen atoms in total. The molecule has 34 heavy (non-hydrogen) atoms. The van der Waals surface area contributed by atoms with E-state index < -0.39 is 11.9 Å². The van der Waals surface area contributed by atoms with Gasteiger partial charge < -0.3 is 29.9 Å². The van der Waals surface area contributed by atoms with Crippen molar-refractivity contribution in [1.29, 1.82) is 0 Å². The van der Waals surface area contributed by atoms with Crippen LogP contribution in [0.5, 0.6) is 5.75 Å². The van der Waals surface area contributed by atoms with Crippen LogP contribution in [0.3, 0.4) is 0 Å². The van der Waals surface area contributed by atoms with Crippen molar-refractivity contribution in [3.05, 3.63) is 59.4 Å². The highest BCUT2D eigenvalue weighted by atomic mass is 19.1. The Morgan fingerprint density at radius 2 is 1.88 bits per heavy atom. The van der Waals surface area contributed by atoms with E-state index in [1.165, 1.54) is 11.1 Å². The normalized spacial score (nSPS) is 14.8. The van der Waals surface area contributed by atoms with Gasteiger partial charge in [0, 0.05) is 36.9 Å². The van der Waals surface area contributed by atoms with Crippen molar-refractivity contribution >= 4 is 17.6 Å². The first-order chi connectivity index (χ1) is 16.4. The van der Waals surface area contributed by atoms with Gasteiger partial charge in [-0.2, -0.15) is 0 Å². The number of aliphatic carboxylic acids is 2. The summed E-state index contributed by atoms with van der Waals surface area (Å²) in [7, 11) is 1.71. The highest BCUT2D eigenvalue weighted by Gasteiger charge is 2.28. The third kappa shape index (κ3) is 6.33. The van der Waals surface area contributed by atoms with Gasteiger partial charge in [-0.25, -0.2) is 14.0 Å². The van der Waals surface area contributed by atoms with Crippen LogP contribution in [0.2, 0.25) is 0 Å². The topological polar surface area (TPSA) is 108 Å². The van der Waals surface area contributed by atoms with E-state index in [2.05, 4.69) is 16.3 Å². The highest BCUT2D eigenvalue weighted by molar-refractivity contribution is 5.89. The molecule has 2 aromatic carbocycles. The third-order valence-corrected chi connectivity index (χ3v) is 5.60. The van der Waals surface area contributed by atoms with Crippen molar-refractivity contribution in [2.45, 2.75) is 12.8 Å². The van der Waals surface area contributed by atoms with Crippen molar-refractivity contribution in [1.82, 2.24) is 5.32 Å². The Bertz CT molecular complexity index is 1040. The summed E-state index contributed by atoms with van der Waals surface area (Å²) >= 11 is 0. The molecule has 9 heteroatoms. The maximum Gasteiger partial charge on any atom is 0.328 e. The molecule has 182 valence electrons. The molecule has 0 aliphatic carbocycles. The number of nitrogens with zero attached hydrogens (tertiary/aromatic N) is 1. The van der Waals surface area contributed by atoms with E-state index in [-0.39, 0.29) is 5.82 Å². The van der Waals surface area contributed by atoms with Gasteiger partial charge in [-0.05, 0) is 49.2 Å². The molecule has 0 fully saturated rings. The summed E-state index contributed by atoms with van der Waals surface area (Å²) in [6, 6.07) is 9.24. The lowest BCUT2D eigenvalue weighted by molar-refractivity contribution is -0.134. The van der Waals surface area contributed by atoms with E-state index in [9.17, 15) is 14.0 Å². The number of halogens is 1. The summed E-state index contributed by atoms with van der Waals surface area (Å²) in [4.78, 5) is 21.4. The zero-order valence-electron chi connectivity index (χ0n) is 19.1. The van der Waals surface area contributed by atoms with Crippen LogP contribution < -0.4 is 15.0 Å². The molecule has 2 aromatic rings. The average molecular weight is 473 g/mol. The molecule has 4 rings (SSSR count). The Kier molecular flexibility index (Phi) is 9.00. The second-order valence-electron chi connectivity index (χ2n) is 7.80. The van der Waals surface area contributed by atoms with Crippen LogP contribution in [0.4, 0.5) is 10.1 Å². The van der Waals surface area contributed by atoms with Gasteiger partial charge in [0.25, 0.3) is 0 Å². The van der Waals surface area contributed by atoms with Crippen LogP contribution in [-0.4, -0.2) is 68.7 Å². The smallest absolute Gasteiger partial charge is 0.328 e. The molecule has 0 atom stereocenters. The number of hydrogen-bond acceptors (Lipinski definition) is 6. The lowest BCUT2D eigenvalue weighted by atomic mass is 9.89. The Labute approximate surface area is 197 Å². The minimum Gasteiger partial charge on any atom is -0.490 e. The van der Waals surface area contributed by atoms with Crippen LogP contribution in [0.1, 0.15) is 11.1 Å². The van der Waals surface area contributed by atoms with E-state index in [0.717, 1.165) is 56.0 Å². The number of rotatable bonds is 6. The second kappa shape index (κ2) is 12.2. The fourth-order valence-corrected chi connectivity index (χ4v) is 4.13. The molecule has 2 aliphatic heterocycles. The second-order valence-corrected chi connectivity index (χ2v) is 7.80. The van der Waals surface area contributed by atoms with Crippen molar-refractivity contribution < 1.29 is 33.7 Å². The Balaban J connectivity index is 0.000000350. The first-order valence-corrected chi connectivity index (χ1v) is 11.1. The standard InChI is InChI=1S/C21H25FN2O2.C4H4O4/c1-25-12-10-24-11-13-26-19-14-15-6-8-23-9-7-16(15)20(21(19)24)17-4-2-3-5-18(17)22;5-3(6)1-2-4(7)8/h2-5,14,23H,6-13H2,1H3;1-2H,(H,5,6)(H,7,8)/b;2-1+. The highest BCUT2D eigenvalue weighted by Crippen LogP contribution is 2.46. The quantitative estimate of drug-likeness (QED) is 0.551. The monoisotopic (exact) mass is 472 g/mol. The van der Waals surface area contributed by atoms with Gasteiger partial charge in [-0.15, -0.1) is 0 Å². The summed E-state index contributed by atoms with van der Waals surface area (Å²) < 4.78 is 26.1. The summed E-state index contributed by atoms with van der Waals surface area (Å²) in [5, 5.41) is 19.1. The van der Waals surface area contributed by atoms with Gasteiger partial charge in [0.15, 0.2) is 0 Å². The van der Waals surface area contributed by atoms with E-state index in [1.807, 2.05) is 12.1 Å². The Morgan fingerprint density at radius 3 is 2.56 bits per heavy atom. The third-order valence-electron chi connectivity index (χ3n) is 5.60. The molecular formula is C25H29FN2O6. The molecule has 0 saturated carbocycles. The maximum atomic E-state index is 14.8. The van der Waals surface area contributed by atoms with E-state index >= 15 is 0 Å². The number of fused-ring (bicyclic) bond motifs is 2. The number of carbonyl (C=O) groups is 2. The lowest BCUT2D eigenvalue weighted by Gasteiger charge is -2.35. The zero-order valence-corrected chi connectivity index (χ0v) is 19.1. The van der Waals surface area contributed by atoms with Crippen molar-refractivity contribution in [2.24, 2.45) is 0 Å².